The number of rotatable bonds is 5. The number of anilines is 1. The van der Waals surface area contributed by atoms with E-state index in [4.69, 9.17) is 16.9 Å². The summed E-state index contributed by atoms with van der Waals surface area (Å²) >= 11 is 7.37. The van der Waals surface area contributed by atoms with Gasteiger partial charge in [-0.3, -0.25) is 4.79 Å². The molecule has 0 aliphatic rings. The molecule has 1 N–H and O–H groups in total. The first kappa shape index (κ1) is 16.4. The number of carbonyl (C=O) groups excluding carboxylic acids is 1. The number of halogens is 1. The van der Waals surface area contributed by atoms with E-state index in [9.17, 15) is 4.79 Å². The fraction of sp³-hybridized carbons (Fsp3) is 0.176. The molecule has 3 nitrogen and oxygen atoms in total. The minimum Gasteiger partial charge on any atom is -0.325 e. The summed E-state index contributed by atoms with van der Waals surface area (Å²) < 4.78 is 0. The Morgan fingerprint density at radius 2 is 1.86 bits per heavy atom. The number of nitrogens with zero attached hydrogens (tertiary/aromatic N) is 1. The van der Waals surface area contributed by atoms with Crippen LogP contribution in [0.2, 0.25) is 5.02 Å². The maximum absolute atomic E-state index is 12.1. The highest BCUT2D eigenvalue weighted by molar-refractivity contribution is 7.99. The Kier molecular flexibility index (Phi) is 5.88. The SMILES string of the molecule is CC(SCc1ccc(C#N)cc1)C(=O)Nc1ccc(Cl)cc1. The highest BCUT2D eigenvalue weighted by Gasteiger charge is 2.13. The highest BCUT2D eigenvalue weighted by Crippen LogP contribution is 2.20. The number of hydrogen-bond donors (Lipinski definition) is 1. The second-order valence-corrected chi connectivity index (χ2v) is 6.52. The van der Waals surface area contributed by atoms with Crippen LogP contribution in [0.4, 0.5) is 5.69 Å². The van der Waals surface area contributed by atoms with E-state index < -0.39 is 0 Å². The van der Waals surface area contributed by atoms with E-state index in [1.807, 2.05) is 19.1 Å². The van der Waals surface area contributed by atoms with Crippen molar-refractivity contribution in [2.24, 2.45) is 0 Å². The maximum Gasteiger partial charge on any atom is 0.237 e. The number of amides is 1. The molecule has 1 unspecified atom stereocenters. The van der Waals surface area contributed by atoms with Gasteiger partial charge in [-0.05, 0) is 48.9 Å². The molecule has 0 aromatic heterocycles. The Morgan fingerprint density at radius 3 is 2.45 bits per heavy atom. The van der Waals surface area contributed by atoms with Crippen LogP contribution in [0.3, 0.4) is 0 Å². The van der Waals surface area contributed by atoms with E-state index in [-0.39, 0.29) is 11.2 Å². The van der Waals surface area contributed by atoms with Crippen LogP contribution in [0.25, 0.3) is 0 Å². The lowest BCUT2D eigenvalue weighted by Gasteiger charge is -2.12. The smallest absolute Gasteiger partial charge is 0.237 e. The minimum atomic E-state index is -0.175. The largest absolute Gasteiger partial charge is 0.325 e. The van der Waals surface area contributed by atoms with E-state index in [0.29, 0.717) is 10.6 Å². The van der Waals surface area contributed by atoms with Crippen LogP contribution in [0.1, 0.15) is 18.1 Å². The topological polar surface area (TPSA) is 52.9 Å². The van der Waals surface area contributed by atoms with Crippen molar-refractivity contribution in [1.82, 2.24) is 0 Å². The molecule has 2 aromatic rings. The van der Waals surface area contributed by atoms with Crippen molar-refractivity contribution in [2.45, 2.75) is 17.9 Å². The van der Waals surface area contributed by atoms with Crippen LogP contribution in [-0.4, -0.2) is 11.2 Å². The van der Waals surface area contributed by atoms with Crippen molar-refractivity contribution in [2.75, 3.05) is 5.32 Å². The van der Waals surface area contributed by atoms with Crippen LogP contribution < -0.4 is 5.32 Å². The summed E-state index contributed by atoms with van der Waals surface area (Å²) in [5.74, 6) is 0.682. The molecular weight excluding hydrogens is 316 g/mol. The Bertz CT molecular complexity index is 677. The number of benzene rings is 2. The van der Waals surface area contributed by atoms with Gasteiger partial charge in [0.1, 0.15) is 0 Å². The number of thioether (sulfide) groups is 1. The predicted molar refractivity (Wildman–Crippen MR) is 92.0 cm³/mol. The third kappa shape index (κ3) is 4.80. The molecule has 0 aliphatic carbocycles. The lowest BCUT2D eigenvalue weighted by Crippen LogP contribution is -2.22. The average Bonchev–Trinajstić information content (AvgIpc) is 2.55. The number of carbonyl (C=O) groups is 1. The van der Waals surface area contributed by atoms with Crippen molar-refractivity contribution < 1.29 is 4.79 Å². The molecule has 0 spiro atoms. The molecule has 0 bridgehead atoms. The average molecular weight is 331 g/mol. The van der Waals surface area contributed by atoms with Gasteiger partial charge < -0.3 is 5.32 Å². The lowest BCUT2D eigenvalue weighted by atomic mass is 10.2. The van der Waals surface area contributed by atoms with Gasteiger partial charge in [0, 0.05) is 16.5 Å². The van der Waals surface area contributed by atoms with Crippen molar-refractivity contribution in [1.29, 1.82) is 5.26 Å². The Hall–Kier alpha value is -1.96. The number of nitriles is 1. The molecule has 2 rings (SSSR count). The molecule has 2 aromatic carbocycles. The van der Waals surface area contributed by atoms with Crippen LogP contribution in [0.5, 0.6) is 0 Å². The molecule has 1 amide bonds. The summed E-state index contributed by atoms with van der Waals surface area (Å²) in [4.78, 5) is 12.1. The summed E-state index contributed by atoms with van der Waals surface area (Å²) in [6.07, 6.45) is 0. The molecule has 5 heteroatoms. The molecule has 0 aliphatic heterocycles. The van der Waals surface area contributed by atoms with Gasteiger partial charge in [0.2, 0.25) is 5.91 Å². The number of nitrogens with one attached hydrogen (secondary N) is 1. The summed E-state index contributed by atoms with van der Waals surface area (Å²) in [5, 5.41) is 12.1. The molecule has 0 fully saturated rings. The standard InChI is InChI=1S/C17H15ClN2OS/c1-12(17(21)20-16-8-6-15(18)7-9-16)22-11-14-4-2-13(10-19)3-5-14/h2-9,12H,11H2,1H3,(H,20,21). The summed E-state index contributed by atoms with van der Waals surface area (Å²) in [6.45, 7) is 1.87. The number of hydrogen-bond acceptors (Lipinski definition) is 3. The van der Waals surface area contributed by atoms with Gasteiger partial charge >= 0.3 is 0 Å². The van der Waals surface area contributed by atoms with E-state index in [2.05, 4.69) is 11.4 Å². The second-order valence-electron chi connectivity index (χ2n) is 4.76. The quantitative estimate of drug-likeness (QED) is 0.879. The van der Waals surface area contributed by atoms with Gasteiger partial charge in [0.05, 0.1) is 16.9 Å². The molecule has 0 heterocycles. The normalized spacial score (nSPS) is 11.5. The predicted octanol–water partition coefficient (Wildman–Crippen LogP) is 4.47. The van der Waals surface area contributed by atoms with Crippen LogP contribution in [0, 0.1) is 11.3 Å². The van der Waals surface area contributed by atoms with Crippen LogP contribution in [0.15, 0.2) is 48.5 Å². The molecule has 112 valence electrons. The first-order valence-electron chi connectivity index (χ1n) is 6.75. The first-order valence-corrected chi connectivity index (χ1v) is 8.18. The summed E-state index contributed by atoms with van der Waals surface area (Å²) in [5.41, 5.74) is 2.47. The fourth-order valence-electron chi connectivity index (χ4n) is 1.75. The maximum atomic E-state index is 12.1. The zero-order valence-corrected chi connectivity index (χ0v) is 13.6. The summed E-state index contributed by atoms with van der Waals surface area (Å²) in [7, 11) is 0. The second kappa shape index (κ2) is 7.88. The monoisotopic (exact) mass is 330 g/mol. The molecule has 22 heavy (non-hydrogen) atoms. The van der Waals surface area contributed by atoms with Crippen LogP contribution in [-0.2, 0) is 10.5 Å². The van der Waals surface area contributed by atoms with Crippen LogP contribution >= 0.6 is 23.4 Å². The summed E-state index contributed by atoms with van der Waals surface area (Å²) in [6, 6.07) is 16.5. The minimum absolute atomic E-state index is 0.0408. The Morgan fingerprint density at radius 1 is 1.23 bits per heavy atom. The zero-order valence-electron chi connectivity index (χ0n) is 12.0. The Labute approximate surface area is 139 Å². The Balaban J connectivity index is 1.85. The van der Waals surface area contributed by atoms with Crippen molar-refractivity contribution in [3.63, 3.8) is 0 Å². The van der Waals surface area contributed by atoms with E-state index >= 15 is 0 Å². The third-order valence-electron chi connectivity index (χ3n) is 3.06. The molecule has 1 atom stereocenters. The van der Waals surface area contributed by atoms with Gasteiger partial charge in [-0.2, -0.15) is 5.26 Å². The van der Waals surface area contributed by atoms with Gasteiger partial charge in [-0.1, -0.05) is 23.7 Å². The van der Waals surface area contributed by atoms with Gasteiger partial charge in [0.25, 0.3) is 0 Å². The molecular formula is C17H15ClN2OS. The molecule has 0 radical (unpaired) electrons. The van der Waals surface area contributed by atoms with E-state index in [1.54, 1.807) is 48.2 Å². The lowest BCUT2D eigenvalue weighted by molar-refractivity contribution is -0.115. The first-order chi connectivity index (χ1) is 10.6. The fourth-order valence-corrected chi connectivity index (χ4v) is 2.72. The van der Waals surface area contributed by atoms with Gasteiger partial charge in [-0.15, -0.1) is 11.8 Å². The molecule has 0 saturated carbocycles. The van der Waals surface area contributed by atoms with Crippen molar-refractivity contribution in [3.8, 4) is 6.07 Å². The van der Waals surface area contributed by atoms with Crippen molar-refractivity contribution >= 4 is 35.0 Å². The van der Waals surface area contributed by atoms with E-state index in [1.165, 1.54) is 0 Å². The third-order valence-corrected chi connectivity index (χ3v) is 4.53. The van der Waals surface area contributed by atoms with Gasteiger partial charge in [-0.25, -0.2) is 0 Å². The van der Waals surface area contributed by atoms with E-state index in [0.717, 1.165) is 17.0 Å². The van der Waals surface area contributed by atoms with Crippen molar-refractivity contribution in [3.05, 3.63) is 64.7 Å². The zero-order chi connectivity index (χ0) is 15.9. The van der Waals surface area contributed by atoms with Gasteiger partial charge in [0.15, 0.2) is 0 Å². The molecule has 0 saturated heterocycles. The highest BCUT2D eigenvalue weighted by atomic mass is 35.5.